The quantitative estimate of drug-likeness (QED) is 0.742. The third-order valence-electron chi connectivity index (χ3n) is 5.00. The molecular formula is C20H22N2O5S. The van der Waals surface area contributed by atoms with Gasteiger partial charge in [0.1, 0.15) is 0 Å². The number of carbonyl (C=O) groups is 1. The van der Waals surface area contributed by atoms with Gasteiger partial charge in [0.25, 0.3) is 5.91 Å². The van der Waals surface area contributed by atoms with Crippen LogP contribution in [0.5, 0.6) is 11.5 Å². The largest absolute Gasteiger partial charge is 0.454 e. The van der Waals surface area contributed by atoms with Crippen molar-refractivity contribution in [2.24, 2.45) is 5.92 Å². The molecule has 0 bridgehead atoms. The number of hydrogen-bond donors (Lipinski definition) is 2. The van der Waals surface area contributed by atoms with Gasteiger partial charge < -0.3 is 14.8 Å². The molecule has 0 aromatic heterocycles. The maximum atomic E-state index is 12.7. The van der Waals surface area contributed by atoms with E-state index < -0.39 is 10.0 Å². The number of hydrogen-bond acceptors (Lipinski definition) is 5. The fourth-order valence-electron chi connectivity index (χ4n) is 3.12. The van der Waals surface area contributed by atoms with Crippen LogP contribution in [0.15, 0.2) is 47.4 Å². The Bertz CT molecular complexity index is 1000. The minimum atomic E-state index is -3.76. The summed E-state index contributed by atoms with van der Waals surface area (Å²) >= 11 is 0. The predicted molar refractivity (Wildman–Crippen MR) is 103 cm³/mol. The predicted octanol–water partition coefficient (Wildman–Crippen LogP) is 2.42. The summed E-state index contributed by atoms with van der Waals surface area (Å²) in [5.74, 6) is 1.51. The van der Waals surface area contributed by atoms with E-state index in [2.05, 4.69) is 10.0 Å². The highest BCUT2D eigenvalue weighted by Crippen LogP contribution is 2.33. The van der Waals surface area contributed by atoms with E-state index in [1.807, 2.05) is 6.92 Å². The molecular weight excluding hydrogens is 380 g/mol. The number of amides is 1. The third-order valence-corrected chi connectivity index (χ3v) is 6.40. The molecule has 1 amide bonds. The maximum absolute atomic E-state index is 12.7. The minimum Gasteiger partial charge on any atom is -0.454 e. The van der Waals surface area contributed by atoms with Gasteiger partial charge in [-0.15, -0.1) is 0 Å². The highest BCUT2D eigenvalue weighted by molar-refractivity contribution is 7.89. The van der Waals surface area contributed by atoms with E-state index in [-0.39, 0.29) is 30.2 Å². The molecule has 1 heterocycles. The fraction of sp³-hybridized carbons (Fsp3) is 0.350. The van der Waals surface area contributed by atoms with Crippen LogP contribution in [0.25, 0.3) is 0 Å². The molecule has 2 aromatic carbocycles. The second-order valence-corrected chi connectivity index (χ2v) is 8.91. The smallest absolute Gasteiger partial charge is 0.251 e. The Hall–Kier alpha value is -2.58. The minimum absolute atomic E-state index is 0.0555. The second kappa shape index (κ2) is 7.44. The zero-order valence-electron chi connectivity index (χ0n) is 15.5. The van der Waals surface area contributed by atoms with Crippen molar-refractivity contribution in [1.29, 1.82) is 0 Å². The molecule has 1 fully saturated rings. The summed E-state index contributed by atoms with van der Waals surface area (Å²) < 4.78 is 38.4. The van der Waals surface area contributed by atoms with Crippen LogP contribution in [0.4, 0.5) is 0 Å². The number of fused-ring (bicyclic) bond motifs is 1. The molecule has 4 rings (SSSR count). The number of ether oxygens (including phenoxy) is 2. The molecule has 2 aliphatic rings. The van der Waals surface area contributed by atoms with Crippen LogP contribution in [-0.4, -0.2) is 27.2 Å². The normalized spacial score (nSPS) is 16.6. The van der Waals surface area contributed by atoms with Crippen molar-refractivity contribution in [2.75, 3.05) is 6.79 Å². The highest BCUT2D eigenvalue weighted by atomic mass is 32.2. The summed E-state index contributed by atoms with van der Waals surface area (Å²) in [7, 11) is -3.76. The summed E-state index contributed by atoms with van der Waals surface area (Å²) in [6.07, 6.45) is 2.25. The molecule has 28 heavy (non-hydrogen) atoms. The first kappa shape index (κ1) is 18.8. The summed E-state index contributed by atoms with van der Waals surface area (Å²) in [4.78, 5) is 12.5. The average Bonchev–Trinajstić information content (AvgIpc) is 3.44. The van der Waals surface area contributed by atoms with Gasteiger partial charge in [-0.25, -0.2) is 13.1 Å². The summed E-state index contributed by atoms with van der Waals surface area (Å²) in [6, 6.07) is 11.4. The Balaban J connectivity index is 1.44. The fourth-order valence-corrected chi connectivity index (χ4v) is 4.18. The van der Waals surface area contributed by atoms with E-state index in [0.29, 0.717) is 23.0 Å². The van der Waals surface area contributed by atoms with E-state index in [9.17, 15) is 13.2 Å². The molecule has 0 unspecified atom stereocenters. The van der Waals surface area contributed by atoms with E-state index in [0.717, 1.165) is 18.4 Å². The van der Waals surface area contributed by atoms with E-state index >= 15 is 0 Å². The van der Waals surface area contributed by atoms with Gasteiger partial charge in [0.2, 0.25) is 16.8 Å². The number of nitrogens with one attached hydrogen (secondary N) is 2. The highest BCUT2D eigenvalue weighted by Gasteiger charge is 2.29. The number of rotatable bonds is 7. The van der Waals surface area contributed by atoms with Gasteiger partial charge >= 0.3 is 0 Å². The van der Waals surface area contributed by atoms with Crippen LogP contribution >= 0.6 is 0 Å². The molecule has 8 heteroatoms. The lowest BCUT2D eigenvalue weighted by atomic mass is 10.1. The number of carbonyl (C=O) groups excluding carboxylic acids is 1. The van der Waals surface area contributed by atoms with E-state index in [4.69, 9.17) is 9.47 Å². The molecule has 0 spiro atoms. The lowest BCUT2D eigenvalue weighted by Crippen LogP contribution is -2.34. The monoisotopic (exact) mass is 402 g/mol. The van der Waals surface area contributed by atoms with Crippen molar-refractivity contribution >= 4 is 15.9 Å². The van der Waals surface area contributed by atoms with Gasteiger partial charge in [0.05, 0.1) is 4.90 Å². The molecule has 7 nitrogen and oxygen atoms in total. The zero-order chi connectivity index (χ0) is 19.7. The van der Waals surface area contributed by atoms with Crippen molar-refractivity contribution in [3.05, 3.63) is 53.6 Å². The number of sulfonamides is 1. The van der Waals surface area contributed by atoms with E-state index in [1.54, 1.807) is 30.3 Å². The second-order valence-electron chi connectivity index (χ2n) is 7.14. The first-order valence-electron chi connectivity index (χ1n) is 9.21. The van der Waals surface area contributed by atoms with Gasteiger partial charge in [0, 0.05) is 18.2 Å². The van der Waals surface area contributed by atoms with Crippen molar-refractivity contribution < 1.29 is 22.7 Å². The van der Waals surface area contributed by atoms with Crippen LogP contribution in [0.2, 0.25) is 0 Å². The topological polar surface area (TPSA) is 93.7 Å². The molecule has 1 atom stereocenters. The summed E-state index contributed by atoms with van der Waals surface area (Å²) in [5.41, 5.74) is 1.08. The van der Waals surface area contributed by atoms with Crippen molar-refractivity contribution in [1.82, 2.24) is 10.0 Å². The van der Waals surface area contributed by atoms with Crippen LogP contribution in [-0.2, 0) is 16.6 Å². The van der Waals surface area contributed by atoms with Crippen LogP contribution in [0.1, 0.15) is 35.7 Å². The molecule has 2 aromatic rings. The summed E-state index contributed by atoms with van der Waals surface area (Å²) in [6.45, 7) is 2.25. The van der Waals surface area contributed by atoms with E-state index in [1.165, 1.54) is 12.1 Å². The van der Waals surface area contributed by atoms with Crippen molar-refractivity contribution in [3.63, 3.8) is 0 Å². The maximum Gasteiger partial charge on any atom is 0.251 e. The molecule has 0 radical (unpaired) electrons. The lowest BCUT2D eigenvalue weighted by molar-refractivity contribution is 0.0935. The molecule has 148 valence electrons. The SMILES string of the molecule is C[C@@H](NC(=O)c1cccc(S(=O)(=O)NCc2ccc3c(c2)OCO3)c1)C1CC1. The molecule has 0 saturated heterocycles. The lowest BCUT2D eigenvalue weighted by Gasteiger charge is -2.13. The molecule has 2 N–H and O–H groups in total. The Morgan fingerprint density at radius 1 is 1.14 bits per heavy atom. The van der Waals surface area contributed by atoms with Crippen LogP contribution in [0, 0.1) is 5.92 Å². The Morgan fingerprint density at radius 2 is 1.93 bits per heavy atom. The third kappa shape index (κ3) is 4.13. The van der Waals surface area contributed by atoms with Crippen molar-refractivity contribution in [3.8, 4) is 11.5 Å². The van der Waals surface area contributed by atoms with Gasteiger partial charge in [-0.05, 0) is 61.6 Å². The molecule has 1 saturated carbocycles. The number of benzene rings is 2. The first-order chi connectivity index (χ1) is 13.4. The zero-order valence-corrected chi connectivity index (χ0v) is 16.3. The standard InChI is InChI=1S/C20H22N2O5S/c1-13(15-6-7-15)22-20(23)16-3-2-4-17(10-16)28(24,25)21-11-14-5-8-18-19(9-14)27-12-26-18/h2-5,8-10,13,15,21H,6-7,11-12H2,1H3,(H,22,23)/t13-/m1/s1. The first-order valence-corrected chi connectivity index (χ1v) is 10.7. The Labute approximate surface area is 164 Å². The summed E-state index contributed by atoms with van der Waals surface area (Å²) in [5, 5.41) is 2.94. The van der Waals surface area contributed by atoms with Crippen LogP contribution in [0.3, 0.4) is 0 Å². The van der Waals surface area contributed by atoms with Crippen LogP contribution < -0.4 is 19.5 Å². The van der Waals surface area contributed by atoms with Gasteiger partial charge in [-0.1, -0.05) is 12.1 Å². The van der Waals surface area contributed by atoms with Gasteiger partial charge in [-0.2, -0.15) is 0 Å². The Kier molecular flexibility index (Phi) is 4.99. The van der Waals surface area contributed by atoms with Crippen molar-refractivity contribution in [2.45, 2.75) is 37.2 Å². The Morgan fingerprint density at radius 3 is 2.71 bits per heavy atom. The van der Waals surface area contributed by atoms with Gasteiger partial charge in [0.15, 0.2) is 11.5 Å². The molecule has 1 aliphatic heterocycles. The molecule has 1 aliphatic carbocycles. The van der Waals surface area contributed by atoms with Gasteiger partial charge in [-0.3, -0.25) is 4.79 Å². The average molecular weight is 402 g/mol.